The summed E-state index contributed by atoms with van der Waals surface area (Å²) in [5.41, 5.74) is 7.64. The van der Waals surface area contributed by atoms with Gasteiger partial charge in [0, 0.05) is 37.7 Å². The summed E-state index contributed by atoms with van der Waals surface area (Å²) in [6.45, 7) is 5.12. The maximum absolute atomic E-state index is 12.9. The fourth-order valence-corrected chi connectivity index (χ4v) is 7.14. The van der Waals surface area contributed by atoms with Crippen LogP contribution in [0.2, 0.25) is 0 Å². The molecule has 5 atom stereocenters. The number of hydrogen-bond donors (Lipinski definition) is 2. The van der Waals surface area contributed by atoms with Gasteiger partial charge in [0.2, 0.25) is 0 Å². The number of nitrogens with one attached hydrogen (secondary N) is 1. The first-order chi connectivity index (χ1) is 24.5. The number of carbonyl (C=O) groups is 1. The van der Waals surface area contributed by atoms with Gasteiger partial charge in [-0.3, -0.25) is 14.7 Å². The maximum atomic E-state index is 12.9. The fourth-order valence-electron chi connectivity index (χ4n) is 7.14. The summed E-state index contributed by atoms with van der Waals surface area (Å²) in [6, 6.07) is 32.4. The minimum absolute atomic E-state index is 0.00503. The number of likely N-dealkylation sites (tertiary alicyclic amines) is 1. The Hall–Kier alpha value is -4.51. The number of nitrogens with zero attached hydrogens (tertiary/aromatic N) is 3. The Morgan fingerprint density at radius 1 is 0.920 bits per heavy atom. The van der Waals surface area contributed by atoms with E-state index in [-0.39, 0.29) is 36.3 Å². The zero-order valence-corrected chi connectivity index (χ0v) is 28.6. The van der Waals surface area contributed by atoms with E-state index in [1.807, 2.05) is 54.6 Å². The van der Waals surface area contributed by atoms with Gasteiger partial charge in [-0.15, -0.1) is 0 Å². The number of aromatic nitrogens is 2. The number of para-hydroxylation sites is 2. The number of benzene rings is 4. The quantitative estimate of drug-likeness (QED) is 0.161. The molecule has 7 rings (SSSR count). The zero-order valence-electron chi connectivity index (χ0n) is 28.6. The highest BCUT2D eigenvalue weighted by atomic mass is 16.7. The molecule has 2 saturated heterocycles. The number of methoxy groups -OCH3 is 1. The minimum atomic E-state index is -0.562. The van der Waals surface area contributed by atoms with Crippen molar-refractivity contribution in [2.45, 2.75) is 57.5 Å². The van der Waals surface area contributed by atoms with Crippen LogP contribution in [0.15, 0.2) is 103 Å². The van der Waals surface area contributed by atoms with Crippen molar-refractivity contribution in [3.05, 3.63) is 131 Å². The van der Waals surface area contributed by atoms with E-state index in [9.17, 15) is 9.90 Å². The molecule has 2 N–H and O–H groups in total. The van der Waals surface area contributed by atoms with Gasteiger partial charge in [-0.25, -0.2) is 4.98 Å². The first kappa shape index (κ1) is 34.0. The van der Waals surface area contributed by atoms with Crippen LogP contribution >= 0.6 is 0 Å². The molecule has 5 aromatic rings. The van der Waals surface area contributed by atoms with Crippen molar-refractivity contribution in [3.63, 3.8) is 0 Å². The molecular formula is C41H44N4O5. The Balaban J connectivity index is 1.09. The van der Waals surface area contributed by atoms with E-state index in [0.29, 0.717) is 18.1 Å². The van der Waals surface area contributed by atoms with Crippen molar-refractivity contribution < 1.29 is 24.1 Å². The predicted molar refractivity (Wildman–Crippen MR) is 192 cm³/mol. The van der Waals surface area contributed by atoms with Gasteiger partial charge >= 0.3 is 0 Å². The summed E-state index contributed by atoms with van der Waals surface area (Å²) in [5, 5.41) is 12.6. The molecule has 0 aliphatic carbocycles. The highest BCUT2D eigenvalue weighted by Gasteiger charge is 2.40. The number of carbonyl (C=O) groups excluding carboxylic acids is 1. The van der Waals surface area contributed by atoms with Gasteiger partial charge in [0.1, 0.15) is 5.69 Å². The summed E-state index contributed by atoms with van der Waals surface area (Å²) in [4.78, 5) is 24.3. The van der Waals surface area contributed by atoms with Crippen molar-refractivity contribution >= 4 is 16.9 Å². The molecule has 0 bridgehead atoms. The number of fused-ring (bicyclic) bond motifs is 1. The Morgan fingerprint density at radius 3 is 2.50 bits per heavy atom. The van der Waals surface area contributed by atoms with Crippen LogP contribution in [-0.2, 0) is 27.4 Å². The lowest BCUT2D eigenvalue weighted by Gasteiger charge is -2.43. The van der Waals surface area contributed by atoms with E-state index < -0.39 is 6.29 Å². The largest absolute Gasteiger partial charge is 0.392 e. The second-order valence-corrected chi connectivity index (χ2v) is 13.3. The molecule has 4 aromatic carbocycles. The third kappa shape index (κ3) is 7.62. The highest BCUT2D eigenvalue weighted by molar-refractivity contribution is 5.93. The molecule has 3 heterocycles. The van der Waals surface area contributed by atoms with Crippen LogP contribution in [0, 0.1) is 5.92 Å². The van der Waals surface area contributed by atoms with Crippen molar-refractivity contribution in [3.8, 4) is 11.1 Å². The van der Waals surface area contributed by atoms with Crippen molar-refractivity contribution in [2.75, 3.05) is 26.8 Å². The lowest BCUT2D eigenvalue weighted by molar-refractivity contribution is -0.276. The van der Waals surface area contributed by atoms with Gasteiger partial charge < -0.3 is 24.6 Å². The Morgan fingerprint density at radius 2 is 1.70 bits per heavy atom. The normalized spacial score (nSPS) is 22.5. The van der Waals surface area contributed by atoms with Gasteiger partial charge in [-0.2, -0.15) is 0 Å². The van der Waals surface area contributed by atoms with Crippen molar-refractivity contribution in [1.29, 1.82) is 0 Å². The molecule has 258 valence electrons. The summed E-state index contributed by atoms with van der Waals surface area (Å²) in [7, 11) is 1.77. The van der Waals surface area contributed by atoms with Crippen LogP contribution in [0.1, 0.15) is 64.9 Å². The molecule has 1 amide bonds. The van der Waals surface area contributed by atoms with Crippen LogP contribution < -0.4 is 5.32 Å². The lowest BCUT2D eigenvalue weighted by atomic mass is 9.89. The van der Waals surface area contributed by atoms with Gasteiger partial charge in [-0.05, 0) is 71.5 Å². The fraction of sp³-hybridized carbons (Fsp3) is 0.341. The van der Waals surface area contributed by atoms with Gasteiger partial charge in [0.25, 0.3) is 5.91 Å². The molecule has 2 fully saturated rings. The van der Waals surface area contributed by atoms with E-state index in [1.54, 1.807) is 7.11 Å². The molecule has 1 aromatic heterocycles. The van der Waals surface area contributed by atoms with Crippen molar-refractivity contribution in [1.82, 2.24) is 20.2 Å². The smallest absolute Gasteiger partial charge is 0.271 e. The third-order valence-electron chi connectivity index (χ3n) is 9.95. The highest BCUT2D eigenvalue weighted by Crippen LogP contribution is 2.43. The summed E-state index contributed by atoms with van der Waals surface area (Å²) in [5.74, 6) is -0.167. The first-order valence-electron chi connectivity index (χ1n) is 17.4. The van der Waals surface area contributed by atoms with E-state index in [4.69, 9.17) is 14.2 Å². The Bertz CT molecular complexity index is 1920. The predicted octanol–water partition coefficient (Wildman–Crippen LogP) is 6.62. The van der Waals surface area contributed by atoms with E-state index in [2.05, 4.69) is 69.6 Å². The zero-order chi connectivity index (χ0) is 34.5. The lowest BCUT2D eigenvalue weighted by Crippen LogP contribution is -2.46. The molecule has 2 aliphatic rings. The average molecular weight is 673 g/mol. The monoisotopic (exact) mass is 672 g/mol. The summed E-state index contributed by atoms with van der Waals surface area (Å²) < 4.78 is 19.1. The number of aliphatic hydroxyl groups is 1. The van der Waals surface area contributed by atoms with E-state index >= 15 is 0 Å². The molecule has 9 nitrogen and oxygen atoms in total. The molecule has 2 aliphatic heterocycles. The second kappa shape index (κ2) is 15.6. The summed E-state index contributed by atoms with van der Waals surface area (Å²) >= 11 is 0. The van der Waals surface area contributed by atoms with Crippen LogP contribution in [-0.4, -0.2) is 64.8 Å². The van der Waals surface area contributed by atoms with E-state index in [0.717, 1.165) is 71.4 Å². The SMILES string of the molecule is COC[C@@H]1CCCN1C[C@@H]1O[C@H](c2cccc(-c3cccc(CNC(=O)c4cnc5ccccc5n4)c3)c2)O[C@H](c2ccc(CO)cc2)[C@@H]1C. The van der Waals surface area contributed by atoms with Gasteiger partial charge in [-0.1, -0.05) is 79.7 Å². The van der Waals surface area contributed by atoms with Gasteiger partial charge in [0.05, 0.1) is 42.7 Å². The number of hydrogen-bond acceptors (Lipinski definition) is 8. The number of rotatable bonds is 11. The molecule has 0 radical (unpaired) electrons. The number of ether oxygens (including phenoxy) is 3. The molecule has 50 heavy (non-hydrogen) atoms. The van der Waals surface area contributed by atoms with Crippen molar-refractivity contribution in [2.24, 2.45) is 5.92 Å². The van der Waals surface area contributed by atoms with Crippen LogP contribution in [0.5, 0.6) is 0 Å². The van der Waals surface area contributed by atoms with Crippen LogP contribution in [0.25, 0.3) is 22.2 Å². The van der Waals surface area contributed by atoms with Crippen LogP contribution in [0.3, 0.4) is 0 Å². The number of amides is 1. The van der Waals surface area contributed by atoms with Gasteiger partial charge in [0.15, 0.2) is 6.29 Å². The molecule has 0 spiro atoms. The molecule has 0 saturated carbocycles. The van der Waals surface area contributed by atoms with E-state index in [1.165, 1.54) is 6.20 Å². The molecule has 9 heteroatoms. The first-order valence-corrected chi connectivity index (χ1v) is 17.4. The molecular weight excluding hydrogens is 628 g/mol. The average Bonchev–Trinajstić information content (AvgIpc) is 3.61. The molecule has 0 unspecified atom stereocenters. The summed E-state index contributed by atoms with van der Waals surface area (Å²) in [6.07, 6.45) is 2.99. The Labute approximate surface area is 293 Å². The topological polar surface area (TPSA) is 106 Å². The third-order valence-corrected chi connectivity index (χ3v) is 9.95. The standard InChI is InChI=1S/C41H44N4O5/c1-27-38(24-45-19-7-12-34(45)26-48-2)49-41(50-39(27)30-17-15-28(25-46)16-18-30)33-11-6-10-32(21-33)31-9-5-8-29(20-31)22-43-40(47)37-23-42-35-13-3-4-14-36(35)44-37/h3-6,8-11,13-18,20-21,23,27,34,38-39,41,46H,7,12,19,22,24-26H2,1-2H3,(H,43,47)/t27-,34+,38+,39+,41+/m1/s1. The number of aliphatic hydroxyl groups excluding tert-OH is 1. The minimum Gasteiger partial charge on any atom is -0.392 e. The maximum Gasteiger partial charge on any atom is 0.271 e. The van der Waals surface area contributed by atoms with Crippen LogP contribution in [0.4, 0.5) is 0 Å². The Kier molecular flexibility index (Phi) is 10.6. The second-order valence-electron chi connectivity index (χ2n) is 13.3.